The van der Waals surface area contributed by atoms with Crippen LogP contribution in [0.1, 0.15) is 26.1 Å². The average Bonchev–Trinajstić information content (AvgIpc) is 3.10. The van der Waals surface area contributed by atoms with Crippen LogP contribution in [0.3, 0.4) is 0 Å². The highest BCUT2D eigenvalue weighted by atomic mass is 19.3. The van der Waals surface area contributed by atoms with Crippen LogP contribution in [0.15, 0.2) is 18.7 Å². The zero-order valence-corrected chi connectivity index (χ0v) is 17.7. The fourth-order valence-corrected chi connectivity index (χ4v) is 3.81. The van der Waals surface area contributed by atoms with Gasteiger partial charge in [0, 0.05) is 37.9 Å². The molecule has 0 spiro atoms. The second-order valence-corrected chi connectivity index (χ2v) is 7.71. The summed E-state index contributed by atoms with van der Waals surface area (Å²) in [7, 11) is 0. The zero-order chi connectivity index (χ0) is 22.1. The number of anilines is 1. The minimum absolute atomic E-state index is 0.179. The largest absolute Gasteiger partial charge is 0.376 e. The summed E-state index contributed by atoms with van der Waals surface area (Å²) in [5.74, 6) is 1.16. The van der Waals surface area contributed by atoms with Crippen LogP contribution in [-0.4, -0.2) is 71.3 Å². The van der Waals surface area contributed by atoms with Crippen molar-refractivity contribution >= 4 is 17.0 Å². The molecule has 2 atom stereocenters. The molecule has 166 valence electrons. The standard InChI is InChI=1S/C20H26F2N8O/c1-4-14(20(31)29-8-13(9-29)16(21)22)27-17-15-19(26-10-25-17)30(5-2)18(28-15)12-6-23-11(3)24-7-12/h6-7,10,13-14,16,20,31H,4-5,8-9H2,1-3H3,(H,25,26,27)/t14-,20?/m0/s1. The van der Waals surface area contributed by atoms with Crippen LogP contribution in [0, 0.1) is 12.8 Å². The molecule has 9 nitrogen and oxygen atoms in total. The highest BCUT2D eigenvalue weighted by Gasteiger charge is 2.39. The number of hydrogen-bond donors (Lipinski definition) is 2. The molecule has 1 aliphatic rings. The maximum Gasteiger partial charge on any atom is 0.243 e. The number of rotatable bonds is 8. The molecule has 1 saturated heterocycles. The van der Waals surface area contributed by atoms with Crippen molar-refractivity contribution in [2.45, 2.75) is 52.4 Å². The Morgan fingerprint density at radius 1 is 1.16 bits per heavy atom. The molecule has 31 heavy (non-hydrogen) atoms. The second-order valence-electron chi connectivity index (χ2n) is 7.71. The van der Waals surface area contributed by atoms with Crippen molar-refractivity contribution in [3.05, 3.63) is 24.5 Å². The van der Waals surface area contributed by atoms with Crippen molar-refractivity contribution in [1.29, 1.82) is 0 Å². The van der Waals surface area contributed by atoms with E-state index in [0.29, 0.717) is 41.6 Å². The molecule has 4 heterocycles. The van der Waals surface area contributed by atoms with Crippen LogP contribution in [0.4, 0.5) is 14.6 Å². The van der Waals surface area contributed by atoms with Gasteiger partial charge in [0.25, 0.3) is 0 Å². The lowest BCUT2D eigenvalue weighted by Crippen LogP contribution is -2.59. The van der Waals surface area contributed by atoms with E-state index in [4.69, 9.17) is 4.98 Å². The molecule has 2 N–H and O–H groups in total. The number of aliphatic hydroxyl groups excluding tert-OH is 1. The van der Waals surface area contributed by atoms with Gasteiger partial charge in [-0.1, -0.05) is 6.92 Å². The summed E-state index contributed by atoms with van der Waals surface area (Å²) in [4.78, 5) is 23.6. The molecule has 0 bridgehead atoms. The minimum atomic E-state index is -2.36. The van der Waals surface area contributed by atoms with E-state index in [9.17, 15) is 13.9 Å². The molecule has 0 aromatic carbocycles. The first-order valence-electron chi connectivity index (χ1n) is 10.4. The van der Waals surface area contributed by atoms with E-state index < -0.39 is 24.6 Å². The van der Waals surface area contributed by atoms with Crippen LogP contribution in [-0.2, 0) is 6.54 Å². The molecule has 0 radical (unpaired) electrons. The number of aromatic nitrogens is 6. The molecule has 11 heteroatoms. The lowest BCUT2D eigenvalue weighted by atomic mass is 9.98. The molecule has 0 saturated carbocycles. The van der Waals surface area contributed by atoms with E-state index in [1.165, 1.54) is 6.33 Å². The Balaban J connectivity index is 1.62. The number of hydrogen-bond acceptors (Lipinski definition) is 8. The molecule has 0 amide bonds. The first-order valence-corrected chi connectivity index (χ1v) is 10.4. The maximum atomic E-state index is 12.8. The fraction of sp³-hybridized carbons (Fsp3) is 0.550. The van der Waals surface area contributed by atoms with Crippen LogP contribution in [0.5, 0.6) is 0 Å². The van der Waals surface area contributed by atoms with Crippen LogP contribution >= 0.6 is 0 Å². The van der Waals surface area contributed by atoms with Gasteiger partial charge in [-0.3, -0.25) is 4.90 Å². The van der Waals surface area contributed by atoms with Gasteiger partial charge >= 0.3 is 0 Å². The van der Waals surface area contributed by atoms with Gasteiger partial charge in [0.15, 0.2) is 17.0 Å². The third-order valence-electron chi connectivity index (χ3n) is 5.68. The SMILES string of the molecule is CC[C@H](Nc1ncnc2c1nc(-c1cnc(C)nc1)n2CC)C(O)N1CC(C(F)F)C1. The number of likely N-dealkylation sites (tertiary alicyclic amines) is 1. The maximum absolute atomic E-state index is 12.8. The first kappa shape index (κ1) is 21.4. The van der Waals surface area contributed by atoms with Gasteiger partial charge in [-0.25, -0.2) is 33.7 Å². The predicted molar refractivity (Wildman–Crippen MR) is 112 cm³/mol. The normalized spacial score (nSPS) is 17.1. The number of fused-ring (bicyclic) bond motifs is 1. The first-order chi connectivity index (χ1) is 14.9. The molecule has 3 aromatic rings. The van der Waals surface area contributed by atoms with Crippen molar-refractivity contribution in [3.8, 4) is 11.4 Å². The van der Waals surface area contributed by atoms with E-state index in [-0.39, 0.29) is 13.1 Å². The van der Waals surface area contributed by atoms with E-state index in [1.54, 1.807) is 17.3 Å². The molecule has 1 fully saturated rings. The molecule has 1 aliphatic heterocycles. The summed E-state index contributed by atoms with van der Waals surface area (Å²) in [5, 5.41) is 14.0. The van der Waals surface area contributed by atoms with E-state index in [1.807, 2.05) is 25.3 Å². The number of aliphatic hydroxyl groups is 1. The lowest BCUT2D eigenvalue weighted by Gasteiger charge is -2.44. The van der Waals surface area contributed by atoms with Gasteiger partial charge in [0.1, 0.15) is 24.2 Å². The number of imidazole rings is 1. The quantitative estimate of drug-likeness (QED) is 0.559. The van der Waals surface area contributed by atoms with Gasteiger partial charge < -0.3 is 15.0 Å². The number of nitrogens with one attached hydrogen (secondary N) is 1. The summed E-state index contributed by atoms with van der Waals surface area (Å²) in [6.07, 6.45) is 2.21. The number of nitrogens with zero attached hydrogens (tertiary/aromatic N) is 7. The van der Waals surface area contributed by atoms with E-state index in [2.05, 4.69) is 25.3 Å². The Hall–Kier alpha value is -2.79. The fourth-order valence-electron chi connectivity index (χ4n) is 3.81. The Labute approximate surface area is 178 Å². The Kier molecular flexibility index (Phi) is 6.05. The number of alkyl halides is 2. The monoisotopic (exact) mass is 432 g/mol. The zero-order valence-electron chi connectivity index (χ0n) is 17.7. The van der Waals surface area contributed by atoms with Crippen molar-refractivity contribution in [3.63, 3.8) is 0 Å². The Bertz CT molecular complexity index is 1040. The smallest absolute Gasteiger partial charge is 0.243 e. The molecule has 3 aromatic heterocycles. The summed E-state index contributed by atoms with van der Waals surface area (Å²) < 4.78 is 27.5. The van der Waals surface area contributed by atoms with Crippen molar-refractivity contribution < 1.29 is 13.9 Å². The highest BCUT2D eigenvalue weighted by Crippen LogP contribution is 2.29. The van der Waals surface area contributed by atoms with Gasteiger partial charge in [-0.2, -0.15) is 0 Å². The third-order valence-corrected chi connectivity index (χ3v) is 5.68. The molecule has 0 aliphatic carbocycles. The molecular weight excluding hydrogens is 406 g/mol. The summed E-state index contributed by atoms with van der Waals surface area (Å²) in [6, 6.07) is -0.394. The predicted octanol–water partition coefficient (Wildman–Crippen LogP) is 2.32. The van der Waals surface area contributed by atoms with Crippen LogP contribution in [0.25, 0.3) is 22.6 Å². The Morgan fingerprint density at radius 2 is 1.87 bits per heavy atom. The molecule has 4 rings (SSSR count). The topological polar surface area (TPSA) is 105 Å². The van der Waals surface area contributed by atoms with Gasteiger partial charge in [0.05, 0.1) is 11.6 Å². The minimum Gasteiger partial charge on any atom is -0.376 e. The molecular formula is C20H26F2N8O. The van der Waals surface area contributed by atoms with Gasteiger partial charge in [-0.15, -0.1) is 0 Å². The summed E-state index contributed by atoms with van der Waals surface area (Å²) in [6.45, 7) is 6.73. The van der Waals surface area contributed by atoms with Gasteiger partial charge in [-0.05, 0) is 20.3 Å². The average molecular weight is 432 g/mol. The van der Waals surface area contributed by atoms with Crippen molar-refractivity contribution in [2.75, 3.05) is 18.4 Å². The second kappa shape index (κ2) is 8.75. The van der Waals surface area contributed by atoms with E-state index >= 15 is 0 Å². The van der Waals surface area contributed by atoms with E-state index in [0.717, 1.165) is 5.56 Å². The van der Waals surface area contributed by atoms with Crippen molar-refractivity contribution in [1.82, 2.24) is 34.4 Å². The summed E-state index contributed by atoms with van der Waals surface area (Å²) >= 11 is 0. The Morgan fingerprint density at radius 3 is 2.48 bits per heavy atom. The summed E-state index contributed by atoms with van der Waals surface area (Å²) in [5.41, 5.74) is 1.99. The highest BCUT2D eigenvalue weighted by molar-refractivity contribution is 5.86. The third kappa shape index (κ3) is 4.07. The number of halogens is 2. The molecule has 1 unspecified atom stereocenters. The van der Waals surface area contributed by atoms with Crippen LogP contribution < -0.4 is 5.32 Å². The van der Waals surface area contributed by atoms with Gasteiger partial charge in [0.2, 0.25) is 6.43 Å². The van der Waals surface area contributed by atoms with Crippen molar-refractivity contribution in [2.24, 2.45) is 5.92 Å². The van der Waals surface area contributed by atoms with Crippen LogP contribution in [0.2, 0.25) is 0 Å². The number of aryl methyl sites for hydroxylation is 2. The lowest BCUT2D eigenvalue weighted by molar-refractivity contribution is -0.112.